The molecule has 0 radical (unpaired) electrons. The summed E-state index contributed by atoms with van der Waals surface area (Å²) < 4.78 is 25.3. The molecule has 2 N–H and O–H groups in total. The van der Waals surface area contributed by atoms with Crippen molar-refractivity contribution in [2.24, 2.45) is 0 Å². The summed E-state index contributed by atoms with van der Waals surface area (Å²) in [6.45, 7) is 6.10. The average Bonchev–Trinajstić information content (AvgIpc) is 3.63. The lowest BCUT2D eigenvalue weighted by Gasteiger charge is -2.19. The van der Waals surface area contributed by atoms with E-state index in [1.807, 2.05) is 6.20 Å². The van der Waals surface area contributed by atoms with E-state index in [0.29, 0.717) is 19.8 Å². The third-order valence-corrected chi connectivity index (χ3v) is 10.9. The summed E-state index contributed by atoms with van der Waals surface area (Å²) in [6, 6.07) is 0. The molecule has 0 fully saturated rings. The lowest BCUT2D eigenvalue weighted by molar-refractivity contribution is 0.189. The number of hydrogen-bond acceptors (Lipinski definition) is 4. The summed E-state index contributed by atoms with van der Waals surface area (Å²) in [7, 11) is -3.30. The minimum Gasteiger partial charge on any atom is -0.349 e. The van der Waals surface area contributed by atoms with Gasteiger partial charge >= 0.3 is 7.75 Å². The van der Waals surface area contributed by atoms with Gasteiger partial charge in [-0.2, -0.15) is 0 Å². The van der Waals surface area contributed by atoms with Crippen molar-refractivity contribution < 1.29 is 13.6 Å². The molecule has 7 heteroatoms. The second-order valence-corrected chi connectivity index (χ2v) is 15.9. The third-order valence-electron chi connectivity index (χ3n) is 9.29. The zero-order valence-corrected chi connectivity index (χ0v) is 33.3. The van der Waals surface area contributed by atoms with Gasteiger partial charge in [-0.1, -0.05) is 154 Å². The molecule has 0 saturated carbocycles. The van der Waals surface area contributed by atoms with Crippen molar-refractivity contribution in [1.29, 1.82) is 0 Å². The minimum absolute atomic E-state index is 0.483. The van der Waals surface area contributed by atoms with Gasteiger partial charge in [-0.3, -0.25) is 9.05 Å². The first kappa shape index (κ1) is 45.8. The fourth-order valence-electron chi connectivity index (χ4n) is 6.10. The molecule has 0 spiro atoms. The van der Waals surface area contributed by atoms with Crippen molar-refractivity contribution in [2.45, 2.75) is 206 Å². The molecule has 1 rings (SSSR count). The largest absolute Gasteiger partial charge is 0.405 e. The molecule has 0 aliphatic heterocycles. The van der Waals surface area contributed by atoms with Crippen molar-refractivity contribution in [2.75, 3.05) is 19.8 Å². The van der Waals surface area contributed by atoms with Gasteiger partial charge in [0.2, 0.25) is 0 Å². The van der Waals surface area contributed by atoms with Gasteiger partial charge in [0.05, 0.1) is 13.2 Å². The minimum atomic E-state index is -3.30. The Morgan fingerprint density at radius 3 is 1.35 bits per heavy atom. The van der Waals surface area contributed by atoms with Gasteiger partial charge in [0.1, 0.15) is 5.82 Å². The molecule has 0 amide bonds. The molecular formula is C42H80N3O3P. The normalized spacial score (nSPS) is 12.3. The van der Waals surface area contributed by atoms with Gasteiger partial charge in [-0.05, 0) is 70.6 Å². The smallest absolute Gasteiger partial charge is 0.349 e. The third kappa shape index (κ3) is 32.5. The molecular weight excluding hydrogens is 625 g/mol. The van der Waals surface area contributed by atoms with Crippen LogP contribution >= 0.6 is 7.75 Å². The number of aryl methyl sites for hydroxylation is 1. The van der Waals surface area contributed by atoms with E-state index >= 15 is 0 Å². The van der Waals surface area contributed by atoms with Crippen LogP contribution in [0.15, 0.2) is 36.7 Å². The van der Waals surface area contributed by atoms with Gasteiger partial charge < -0.3 is 4.98 Å². The summed E-state index contributed by atoms with van der Waals surface area (Å²) in [5, 5.41) is 3.12. The van der Waals surface area contributed by atoms with E-state index in [4.69, 9.17) is 9.05 Å². The molecule has 0 bridgehead atoms. The molecule has 1 aromatic rings. The molecule has 0 atom stereocenters. The number of nitrogens with zero attached hydrogens (tertiary/aromatic N) is 1. The van der Waals surface area contributed by atoms with Gasteiger partial charge in [0.15, 0.2) is 0 Å². The number of unbranched alkanes of at least 4 members (excludes halogenated alkanes) is 24. The van der Waals surface area contributed by atoms with E-state index in [1.165, 1.54) is 154 Å². The number of aromatic nitrogens is 2. The van der Waals surface area contributed by atoms with Crippen LogP contribution in [0.3, 0.4) is 0 Å². The standard InChI is InChI=1S/C42H80N3O3P/c1-3-5-7-9-11-13-15-17-19-21-23-25-27-29-31-33-40-47-49(46,45-37-35-36-42-43-38-39-44-42)48-41-34-32-30-28-26-24-22-20-18-16-14-12-10-8-6-4-2/h17-20,38-39H,3-16,21-37,40-41H2,1-2H3,(H,43,44)(H,45,46)/b19-17+,20-18+. The predicted octanol–water partition coefficient (Wildman–Crippen LogP) is 14.1. The van der Waals surface area contributed by atoms with E-state index in [1.54, 1.807) is 6.20 Å². The Bertz CT molecular complexity index is 842. The molecule has 0 saturated heterocycles. The number of aromatic amines is 1. The molecule has 0 unspecified atom stereocenters. The Morgan fingerprint density at radius 1 is 0.571 bits per heavy atom. The van der Waals surface area contributed by atoms with Crippen molar-refractivity contribution in [3.63, 3.8) is 0 Å². The highest BCUT2D eigenvalue weighted by Gasteiger charge is 2.23. The molecule has 1 aromatic heterocycles. The van der Waals surface area contributed by atoms with Crippen LogP contribution in [0.25, 0.3) is 0 Å². The summed E-state index contributed by atoms with van der Waals surface area (Å²) in [5.41, 5.74) is 0. The Morgan fingerprint density at radius 2 is 0.959 bits per heavy atom. The number of H-pyrrole nitrogens is 1. The van der Waals surface area contributed by atoms with Crippen LogP contribution in [0.5, 0.6) is 0 Å². The van der Waals surface area contributed by atoms with E-state index < -0.39 is 7.75 Å². The van der Waals surface area contributed by atoms with Crippen LogP contribution in [0.4, 0.5) is 0 Å². The predicted molar refractivity (Wildman–Crippen MR) is 213 cm³/mol. The van der Waals surface area contributed by atoms with Crippen molar-refractivity contribution in [3.8, 4) is 0 Å². The Hall–Kier alpha value is -1.20. The maximum Gasteiger partial charge on any atom is 0.405 e. The molecule has 1 heterocycles. The summed E-state index contributed by atoms with van der Waals surface area (Å²) >= 11 is 0. The first-order valence-corrected chi connectivity index (χ1v) is 22.7. The summed E-state index contributed by atoms with van der Waals surface area (Å²) in [4.78, 5) is 7.41. The van der Waals surface area contributed by atoms with Gasteiger partial charge in [0, 0.05) is 25.4 Å². The van der Waals surface area contributed by atoms with E-state index in [-0.39, 0.29) is 0 Å². The molecule has 0 aromatic carbocycles. The van der Waals surface area contributed by atoms with Crippen molar-refractivity contribution >= 4 is 7.75 Å². The summed E-state index contributed by atoms with van der Waals surface area (Å²) in [6.07, 6.45) is 50.4. The zero-order valence-electron chi connectivity index (χ0n) is 32.4. The highest BCUT2D eigenvalue weighted by atomic mass is 31.2. The highest BCUT2D eigenvalue weighted by molar-refractivity contribution is 7.51. The SMILES string of the molecule is CCCCCCCC/C=C/CCCCCCCCOP(=O)(NCCCc1ncc[nH]1)OCCCCCCCC/C=C/CCCCCCCC. The van der Waals surface area contributed by atoms with Crippen LogP contribution in [-0.4, -0.2) is 29.7 Å². The van der Waals surface area contributed by atoms with Crippen LogP contribution in [0.2, 0.25) is 0 Å². The van der Waals surface area contributed by atoms with Crippen LogP contribution in [0, 0.1) is 0 Å². The second kappa shape index (κ2) is 36.6. The number of hydrogen-bond donors (Lipinski definition) is 2. The number of imidazole rings is 1. The molecule has 6 nitrogen and oxygen atoms in total. The molecule has 49 heavy (non-hydrogen) atoms. The van der Waals surface area contributed by atoms with E-state index in [0.717, 1.165) is 44.3 Å². The molecule has 0 aliphatic rings. The van der Waals surface area contributed by atoms with Crippen molar-refractivity contribution in [1.82, 2.24) is 15.1 Å². The zero-order chi connectivity index (χ0) is 35.2. The molecule has 286 valence electrons. The van der Waals surface area contributed by atoms with Crippen LogP contribution in [-0.2, 0) is 20.0 Å². The first-order valence-electron chi connectivity index (χ1n) is 21.1. The van der Waals surface area contributed by atoms with Gasteiger partial charge in [-0.15, -0.1) is 0 Å². The fourth-order valence-corrected chi connectivity index (χ4v) is 7.53. The lowest BCUT2D eigenvalue weighted by Crippen LogP contribution is -2.18. The average molecular weight is 706 g/mol. The number of nitrogens with one attached hydrogen (secondary N) is 2. The maximum absolute atomic E-state index is 13.5. The van der Waals surface area contributed by atoms with Crippen LogP contribution < -0.4 is 5.09 Å². The van der Waals surface area contributed by atoms with Gasteiger partial charge in [0.25, 0.3) is 0 Å². The monoisotopic (exact) mass is 706 g/mol. The highest BCUT2D eigenvalue weighted by Crippen LogP contribution is 2.44. The first-order chi connectivity index (χ1) is 24.2. The second-order valence-electron chi connectivity index (χ2n) is 14.1. The topological polar surface area (TPSA) is 76.2 Å². The summed E-state index contributed by atoms with van der Waals surface area (Å²) in [5.74, 6) is 0.951. The van der Waals surface area contributed by atoms with Crippen LogP contribution in [0.1, 0.15) is 206 Å². The Labute approximate surface area is 304 Å². The maximum atomic E-state index is 13.5. The Balaban J connectivity index is 2.10. The quantitative estimate of drug-likeness (QED) is 0.0405. The Kier molecular flexibility index (Phi) is 34.2. The number of rotatable bonds is 39. The fraction of sp³-hybridized carbons (Fsp3) is 0.833. The lowest BCUT2D eigenvalue weighted by atomic mass is 10.1. The van der Waals surface area contributed by atoms with Gasteiger partial charge in [-0.25, -0.2) is 14.6 Å². The number of allylic oxidation sites excluding steroid dienone is 4. The molecule has 0 aliphatic carbocycles. The van der Waals surface area contributed by atoms with E-state index in [2.05, 4.69) is 53.2 Å². The van der Waals surface area contributed by atoms with E-state index in [9.17, 15) is 4.57 Å². The van der Waals surface area contributed by atoms with Crippen molar-refractivity contribution in [3.05, 3.63) is 42.5 Å².